The van der Waals surface area contributed by atoms with Gasteiger partial charge in [-0.3, -0.25) is 4.98 Å². The summed E-state index contributed by atoms with van der Waals surface area (Å²) < 4.78 is 5.66. The summed E-state index contributed by atoms with van der Waals surface area (Å²) in [7, 11) is 1.78. The standard InChI is InChI=1S/C11H16N2O/c1-14-11(5-8-12-9-6-11)10-4-2-3-7-13-10/h2-4,7,12H,5-6,8-9H2,1H3. The second-order valence-corrected chi connectivity index (χ2v) is 3.66. The second kappa shape index (κ2) is 4.07. The van der Waals surface area contributed by atoms with Crippen LogP contribution in [0.3, 0.4) is 0 Å². The Hall–Kier alpha value is -0.930. The fourth-order valence-electron chi connectivity index (χ4n) is 2.03. The van der Waals surface area contributed by atoms with Crippen LogP contribution >= 0.6 is 0 Å². The maximum Gasteiger partial charge on any atom is 0.112 e. The van der Waals surface area contributed by atoms with Crippen LogP contribution < -0.4 is 5.32 Å². The van der Waals surface area contributed by atoms with E-state index in [4.69, 9.17) is 4.74 Å². The number of rotatable bonds is 2. The van der Waals surface area contributed by atoms with Gasteiger partial charge in [0.05, 0.1) is 5.69 Å². The molecule has 3 heteroatoms. The Morgan fingerprint density at radius 2 is 2.14 bits per heavy atom. The molecule has 1 aromatic rings. The Kier molecular flexibility index (Phi) is 2.79. The largest absolute Gasteiger partial charge is 0.372 e. The van der Waals surface area contributed by atoms with E-state index in [1.165, 1.54) is 0 Å². The van der Waals surface area contributed by atoms with Crippen molar-refractivity contribution in [1.29, 1.82) is 0 Å². The van der Waals surface area contributed by atoms with E-state index in [9.17, 15) is 0 Å². The summed E-state index contributed by atoms with van der Waals surface area (Å²) in [5.41, 5.74) is 0.899. The van der Waals surface area contributed by atoms with Crippen molar-refractivity contribution in [3.8, 4) is 0 Å². The van der Waals surface area contributed by atoms with Crippen molar-refractivity contribution in [2.45, 2.75) is 18.4 Å². The summed E-state index contributed by atoms with van der Waals surface area (Å²) in [6.07, 6.45) is 3.83. The van der Waals surface area contributed by atoms with E-state index in [1.54, 1.807) is 7.11 Å². The highest BCUT2D eigenvalue weighted by atomic mass is 16.5. The normalized spacial score (nSPS) is 20.6. The third-order valence-corrected chi connectivity index (χ3v) is 2.93. The zero-order valence-electron chi connectivity index (χ0n) is 8.49. The first kappa shape index (κ1) is 9.62. The maximum absolute atomic E-state index is 5.66. The number of pyridine rings is 1. The van der Waals surface area contributed by atoms with Gasteiger partial charge < -0.3 is 10.1 Å². The van der Waals surface area contributed by atoms with Gasteiger partial charge in [-0.05, 0) is 38.1 Å². The first-order valence-corrected chi connectivity index (χ1v) is 5.05. The van der Waals surface area contributed by atoms with Crippen LogP contribution in [-0.4, -0.2) is 25.2 Å². The molecule has 0 radical (unpaired) electrons. The highest BCUT2D eigenvalue weighted by Gasteiger charge is 2.34. The molecule has 14 heavy (non-hydrogen) atoms. The summed E-state index contributed by atoms with van der Waals surface area (Å²) in [6.45, 7) is 2.01. The lowest BCUT2D eigenvalue weighted by Gasteiger charge is -2.35. The zero-order chi connectivity index (χ0) is 9.86. The Balaban J connectivity index is 2.27. The molecule has 0 aliphatic carbocycles. The summed E-state index contributed by atoms with van der Waals surface area (Å²) in [6, 6.07) is 6.01. The number of nitrogens with one attached hydrogen (secondary N) is 1. The van der Waals surface area contributed by atoms with E-state index in [1.807, 2.05) is 18.3 Å². The summed E-state index contributed by atoms with van der Waals surface area (Å²) in [5, 5.41) is 3.34. The molecule has 1 aromatic heterocycles. The van der Waals surface area contributed by atoms with Crippen molar-refractivity contribution in [3.05, 3.63) is 30.1 Å². The molecule has 76 valence electrons. The van der Waals surface area contributed by atoms with E-state index in [-0.39, 0.29) is 5.60 Å². The molecule has 2 rings (SSSR count). The van der Waals surface area contributed by atoms with Gasteiger partial charge in [0.1, 0.15) is 5.60 Å². The van der Waals surface area contributed by atoms with Gasteiger partial charge in [-0.1, -0.05) is 6.07 Å². The van der Waals surface area contributed by atoms with Crippen LogP contribution in [0.5, 0.6) is 0 Å². The van der Waals surface area contributed by atoms with Crippen LogP contribution in [0.25, 0.3) is 0 Å². The van der Waals surface area contributed by atoms with E-state index in [2.05, 4.69) is 16.4 Å². The fourth-order valence-corrected chi connectivity index (χ4v) is 2.03. The highest BCUT2D eigenvalue weighted by molar-refractivity contribution is 5.14. The van der Waals surface area contributed by atoms with Gasteiger partial charge in [0, 0.05) is 13.3 Å². The third kappa shape index (κ3) is 1.65. The maximum atomic E-state index is 5.66. The number of methoxy groups -OCH3 is 1. The molecular formula is C11H16N2O. The molecule has 0 bridgehead atoms. The minimum Gasteiger partial charge on any atom is -0.372 e. The molecule has 1 fully saturated rings. The molecule has 0 spiro atoms. The van der Waals surface area contributed by atoms with Crippen molar-refractivity contribution >= 4 is 0 Å². The highest BCUT2D eigenvalue weighted by Crippen LogP contribution is 2.32. The lowest BCUT2D eigenvalue weighted by atomic mass is 9.88. The average molecular weight is 192 g/mol. The van der Waals surface area contributed by atoms with Crippen LogP contribution in [0.1, 0.15) is 18.5 Å². The molecule has 1 saturated heterocycles. The van der Waals surface area contributed by atoms with Gasteiger partial charge >= 0.3 is 0 Å². The van der Waals surface area contributed by atoms with Crippen molar-refractivity contribution in [2.75, 3.05) is 20.2 Å². The van der Waals surface area contributed by atoms with Gasteiger partial charge in [0.15, 0.2) is 0 Å². The summed E-state index contributed by atoms with van der Waals surface area (Å²) in [4.78, 5) is 4.39. The van der Waals surface area contributed by atoms with Crippen molar-refractivity contribution in [3.63, 3.8) is 0 Å². The van der Waals surface area contributed by atoms with Gasteiger partial charge in [-0.2, -0.15) is 0 Å². The van der Waals surface area contributed by atoms with Crippen LogP contribution in [0.15, 0.2) is 24.4 Å². The molecule has 0 unspecified atom stereocenters. The quantitative estimate of drug-likeness (QED) is 0.767. The van der Waals surface area contributed by atoms with E-state index in [0.29, 0.717) is 0 Å². The lowest BCUT2D eigenvalue weighted by molar-refractivity contribution is -0.0425. The third-order valence-electron chi connectivity index (χ3n) is 2.93. The Bertz CT molecular complexity index is 281. The Labute approximate surface area is 84.5 Å². The lowest BCUT2D eigenvalue weighted by Crippen LogP contribution is -2.41. The van der Waals surface area contributed by atoms with Crippen molar-refractivity contribution in [1.82, 2.24) is 10.3 Å². The van der Waals surface area contributed by atoms with Gasteiger partial charge in [-0.15, -0.1) is 0 Å². The van der Waals surface area contributed by atoms with Crippen molar-refractivity contribution < 1.29 is 4.74 Å². The van der Waals surface area contributed by atoms with Crippen molar-refractivity contribution in [2.24, 2.45) is 0 Å². The van der Waals surface area contributed by atoms with E-state index >= 15 is 0 Å². The number of aromatic nitrogens is 1. The Morgan fingerprint density at radius 1 is 1.36 bits per heavy atom. The number of ether oxygens (including phenoxy) is 1. The predicted molar refractivity (Wildman–Crippen MR) is 55.0 cm³/mol. The van der Waals surface area contributed by atoms with Gasteiger partial charge in [0.25, 0.3) is 0 Å². The van der Waals surface area contributed by atoms with Crippen LogP contribution in [0.2, 0.25) is 0 Å². The summed E-state index contributed by atoms with van der Waals surface area (Å²) in [5.74, 6) is 0. The minimum atomic E-state index is -0.160. The molecule has 0 saturated carbocycles. The number of nitrogens with zero attached hydrogens (tertiary/aromatic N) is 1. The zero-order valence-corrected chi connectivity index (χ0v) is 8.49. The smallest absolute Gasteiger partial charge is 0.112 e. The molecule has 0 amide bonds. The second-order valence-electron chi connectivity index (χ2n) is 3.66. The van der Waals surface area contributed by atoms with Crippen LogP contribution in [-0.2, 0) is 10.3 Å². The first-order valence-electron chi connectivity index (χ1n) is 5.05. The molecule has 1 aliphatic heterocycles. The topological polar surface area (TPSA) is 34.1 Å². The molecule has 3 nitrogen and oxygen atoms in total. The molecule has 2 heterocycles. The molecule has 1 aliphatic rings. The monoisotopic (exact) mass is 192 g/mol. The van der Waals surface area contributed by atoms with Gasteiger partial charge in [0.2, 0.25) is 0 Å². The number of hydrogen-bond acceptors (Lipinski definition) is 3. The van der Waals surface area contributed by atoms with E-state index < -0.39 is 0 Å². The number of hydrogen-bond donors (Lipinski definition) is 1. The molecular weight excluding hydrogens is 176 g/mol. The predicted octanol–water partition coefficient (Wildman–Crippen LogP) is 1.31. The first-order chi connectivity index (χ1) is 6.87. The molecule has 1 N–H and O–H groups in total. The summed E-state index contributed by atoms with van der Waals surface area (Å²) >= 11 is 0. The van der Waals surface area contributed by atoms with E-state index in [0.717, 1.165) is 31.6 Å². The molecule has 0 aromatic carbocycles. The fraction of sp³-hybridized carbons (Fsp3) is 0.545. The average Bonchev–Trinajstić information content (AvgIpc) is 2.31. The van der Waals surface area contributed by atoms with Crippen LogP contribution in [0.4, 0.5) is 0 Å². The Morgan fingerprint density at radius 3 is 2.71 bits per heavy atom. The van der Waals surface area contributed by atoms with Crippen LogP contribution in [0, 0.1) is 0 Å². The number of piperidine rings is 1. The molecule has 0 atom stereocenters. The SMILES string of the molecule is COC1(c2ccccn2)CCNCC1. The van der Waals surface area contributed by atoms with Gasteiger partial charge in [-0.25, -0.2) is 0 Å². The minimum absolute atomic E-state index is 0.160.